The number of allylic oxidation sites excluding steroid dienone is 3. The number of carbonyl (C=O) groups excluding carboxylic acids is 1. The van der Waals surface area contributed by atoms with Gasteiger partial charge in [0.05, 0.1) is 0 Å². The Labute approximate surface area is 98.6 Å². The lowest BCUT2D eigenvalue weighted by molar-refractivity contribution is -0.117. The Hall–Kier alpha value is -0.850. The van der Waals surface area contributed by atoms with Crippen molar-refractivity contribution in [1.82, 2.24) is 0 Å². The van der Waals surface area contributed by atoms with Gasteiger partial charge in [-0.15, -0.1) is 0 Å². The molecule has 0 saturated heterocycles. The zero-order chi connectivity index (χ0) is 11.9. The van der Waals surface area contributed by atoms with Crippen molar-refractivity contribution in [3.8, 4) is 0 Å². The molecule has 0 aliphatic heterocycles. The van der Waals surface area contributed by atoms with Crippen LogP contribution in [0.2, 0.25) is 0 Å². The van der Waals surface area contributed by atoms with Crippen LogP contribution in [0.4, 0.5) is 0 Å². The second-order valence-corrected chi connectivity index (χ2v) is 5.94. The molecule has 0 unspecified atom stereocenters. The van der Waals surface area contributed by atoms with Gasteiger partial charge in [0.1, 0.15) is 0 Å². The monoisotopic (exact) mass is 218 g/mol. The number of hydrogen-bond acceptors (Lipinski definition) is 1. The molecule has 1 heteroatoms. The van der Waals surface area contributed by atoms with Gasteiger partial charge in [0.2, 0.25) is 0 Å². The van der Waals surface area contributed by atoms with Crippen LogP contribution >= 0.6 is 0 Å². The van der Waals surface area contributed by atoms with E-state index in [1.807, 2.05) is 6.08 Å². The van der Waals surface area contributed by atoms with Crippen LogP contribution in [-0.2, 0) is 4.79 Å². The number of hydrogen-bond donors (Lipinski definition) is 0. The average molecular weight is 218 g/mol. The zero-order valence-corrected chi connectivity index (χ0v) is 10.7. The number of ketones is 1. The molecule has 0 amide bonds. The minimum Gasteiger partial charge on any atom is -0.295 e. The van der Waals surface area contributed by atoms with Gasteiger partial charge in [-0.1, -0.05) is 31.6 Å². The highest BCUT2D eigenvalue weighted by atomic mass is 16.1. The van der Waals surface area contributed by atoms with E-state index in [-0.39, 0.29) is 5.41 Å². The molecule has 88 valence electrons. The lowest BCUT2D eigenvalue weighted by Gasteiger charge is -2.47. The van der Waals surface area contributed by atoms with Crippen LogP contribution in [0.5, 0.6) is 0 Å². The summed E-state index contributed by atoms with van der Waals surface area (Å²) in [5.74, 6) is 1.47. The Bertz CT molecular complexity index is 364. The van der Waals surface area contributed by atoms with Crippen LogP contribution in [-0.4, -0.2) is 5.78 Å². The molecule has 2 aliphatic carbocycles. The van der Waals surface area contributed by atoms with Crippen LogP contribution in [0.1, 0.15) is 46.5 Å². The Morgan fingerprint density at radius 1 is 1.56 bits per heavy atom. The first-order valence-corrected chi connectivity index (χ1v) is 6.33. The Balaban J connectivity index is 2.30. The summed E-state index contributed by atoms with van der Waals surface area (Å²) in [6, 6.07) is 0. The molecule has 0 radical (unpaired) electrons. The van der Waals surface area contributed by atoms with Crippen LogP contribution in [0.15, 0.2) is 23.8 Å². The van der Waals surface area contributed by atoms with Crippen LogP contribution < -0.4 is 0 Å². The molecule has 0 N–H and O–H groups in total. The molecule has 0 heterocycles. The highest BCUT2D eigenvalue weighted by Crippen LogP contribution is 2.52. The third-order valence-electron chi connectivity index (χ3n) is 4.79. The van der Waals surface area contributed by atoms with Crippen molar-refractivity contribution >= 4 is 5.78 Å². The van der Waals surface area contributed by atoms with Gasteiger partial charge in [-0.3, -0.25) is 4.79 Å². The van der Waals surface area contributed by atoms with E-state index >= 15 is 0 Å². The normalized spacial score (nSPS) is 38.9. The molecule has 1 fully saturated rings. The predicted molar refractivity (Wildman–Crippen MR) is 67.1 cm³/mol. The molecule has 0 aromatic carbocycles. The van der Waals surface area contributed by atoms with Crippen LogP contribution in [0.25, 0.3) is 0 Å². The summed E-state index contributed by atoms with van der Waals surface area (Å²) >= 11 is 0. The summed E-state index contributed by atoms with van der Waals surface area (Å²) in [6.45, 7) is 10.8. The lowest BCUT2D eigenvalue weighted by Crippen LogP contribution is -2.38. The van der Waals surface area contributed by atoms with Gasteiger partial charge in [0.25, 0.3) is 0 Å². The molecule has 16 heavy (non-hydrogen) atoms. The van der Waals surface area contributed by atoms with Gasteiger partial charge in [0, 0.05) is 6.42 Å². The molecule has 2 rings (SSSR count). The van der Waals surface area contributed by atoms with Gasteiger partial charge in [-0.25, -0.2) is 0 Å². The standard InChI is InChI=1S/C15H22O/c1-10(2)12-5-6-13-8-14(16)7-11(3)15(13,4)9-12/h8,11-12H,1,5-7,9H2,2-4H3/t11-,12+,15-/m1/s1. The zero-order valence-electron chi connectivity index (χ0n) is 10.7. The molecule has 0 aromatic heterocycles. The van der Waals surface area contributed by atoms with E-state index in [1.165, 1.54) is 24.0 Å². The first-order chi connectivity index (χ1) is 7.43. The molecule has 0 aromatic rings. The molecule has 1 nitrogen and oxygen atoms in total. The minimum absolute atomic E-state index is 0.246. The van der Waals surface area contributed by atoms with Crippen LogP contribution in [0.3, 0.4) is 0 Å². The molecule has 2 aliphatic rings. The summed E-state index contributed by atoms with van der Waals surface area (Å²) in [7, 11) is 0. The van der Waals surface area contributed by atoms with E-state index in [0.717, 1.165) is 12.8 Å². The van der Waals surface area contributed by atoms with Crippen molar-refractivity contribution < 1.29 is 4.79 Å². The first kappa shape index (κ1) is 11.6. The Morgan fingerprint density at radius 3 is 2.88 bits per heavy atom. The molecule has 0 spiro atoms. The summed E-state index contributed by atoms with van der Waals surface area (Å²) in [4.78, 5) is 11.6. The summed E-state index contributed by atoms with van der Waals surface area (Å²) in [6.07, 6.45) is 6.10. The first-order valence-electron chi connectivity index (χ1n) is 6.33. The number of carbonyl (C=O) groups is 1. The Kier molecular flexibility index (Phi) is 2.81. The van der Waals surface area contributed by atoms with Gasteiger partial charge in [-0.05, 0) is 49.5 Å². The van der Waals surface area contributed by atoms with Crippen molar-refractivity contribution in [2.24, 2.45) is 17.3 Å². The van der Waals surface area contributed by atoms with E-state index in [4.69, 9.17) is 0 Å². The van der Waals surface area contributed by atoms with Crippen LogP contribution in [0, 0.1) is 17.3 Å². The van der Waals surface area contributed by atoms with Gasteiger partial charge >= 0.3 is 0 Å². The maximum Gasteiger partial charge on any atom is 0.155 e. The molecular weight excluding hydrogens is 196 g/mol. The van der Waals surface area contributed by atoms with Crippen molar-refractivity contribution in [2.45, 2.75) is 46.5 Å². The fourth-order valence-corrected chi connectivity index (χ4v) is 3.32. The third-order valence-corrected chi connectivity index (χ3v) is 4.79. The Morgan fingerprint density at radius 2 is 2.25 bits per heavy atom. The minimum atomic E-state index is 0.246. The number of fused-ring (bicyclic) bond motifs is 1. The van der Waals surface area contributed by atoms with E-state index in [0.29, 0.717) is 17.6 Å². The molecular formula is C15H22O. The van der Waals surface area contributed by atoms with Crippen molar-refractivity contribution in [3.63, 3.8) is 0 Å². The van der Waals surface area contributed by atoms with Crippen molar-refractivity contribution in [1.29, 1.82) is 0 Å². The third kappa shape index (κ3) is 1.77. The number of rotatable bonds is 1. The van der Waals surface area contributed by atoms with Gasteiger partial charge in [-0.2, -0.15) is 0 Å². The fourth-order valence-electron chi connectivity index (χ4n) is 3.32. The average Bonchev–Trinajstić information content (AvgIpc) is 2.19. The smallest absolute Gasteiger partial charge is 0.155 e. The fraction of sp³-hybridized carbons (Fsp3) is 0.667. The van der Waals surface area contributed by atoms with E-state index in [9.17, 15) is 4.79 Å². The van der Waals surface area contributed by atoms with Crippen molar-refractivity contribution in [2.75, 3.05) is 0 Å². The second kappa shape index (κ2) is 3.87. The topological polar surface area (TPSA) is 17.1 Å². The highest BCUT2D eigenvalue weighted by Gasteiger charge is 2.43. The molecule has 0 bridgehead atoms. The van der Waals surface area contributed by atoms with Gasteiger partial charge in [0.15, 0.2) is 5.78 Å². The largest absolute Gasteiger partial charge is 0.295 e. The summed E-state index contributed by atoms with van der Waals surface area (Å²) in [5.41, 5.74) is 2.95. The van der Waals surface area contributed by atoms with E-state index in [1.54, 1.807) is 0 Å². The summed E-state index contributed by atoms with van der Waals surface area (Å²) in [5, 5.41) is 0. The second-order valence-electron chi connectivity index (χ2n) is 5.94. The maximum atomic E-state index is 11.6. The van der Waals surface area contributed by atoms with E-state index < -0.39 is 0 Å². The molecule has 1 saturated carbocycles. The van der Waals surface area contributed by atoms with Crippen molar-refractivity contribution in [3.05, 3.63) is 23.8 Å². The lowest BCUT2D eigenvalue weighted by atomic mass is 9.57. The van der Waals surface area contributed by atoms with Gasteiger partial charge < -0.3 is 0 Å². The SMILES string of the molecule is C=C(C)[C@H]1CCC2=CC(=O)C[C@@H](C)[C@@]2(C)C1. The molecule has 3 atom stereocenters. The van der Waals surface area contributed by atoms with E-state index in [2.05, 4.69) is 27.4 Å². The maximum absolute atomic E-state index is 11.6. The quantitative estimate of drug-likeness (QED) is 0.610. The summed E-state index contributed by atoms with van der Waals surface area (Å²) < 4.78 is 0. The predicted octanol–water partition coefficient (Wildman–Crippen LogP) is 3.90. The highest BCUT2D eigenvalue weighted by molar-refractivity contribution is 5.92.